The van der Waals surface area contributed by atoms with Crippen molar-refractivity contribution < 1.29 is 0 Å². The summed E-state index contributed by atoms with van der Waals surface area (Å²) >= 11 is 0. The third-order valence-electron chi connectivity index (χ3n) is 3.19. The van der Waals surface area contributed by atoms with E-state index in [0.29, 0.717) is 19.0 Å². The van der Waals surface area contributed by atoms with Gasteiger partial charge in [0.05, 0.1) is 12.5 Å². The van der Waals surface area contributed by atoms with Crippen LogP contribution < -0.4 is 5.73 Å². The number of nitriles is 1. The average Bonchev–Trinajstić information content (AvgIpc) is 2.42. The molecule has 1 unspecified atom stereocenters. The van der Waals surface area contributed by atoms with Gasteiger partial charge < -0.3 is 5.73 Å². The Morgan fingerprint density at radius 1 is 1.33 bits per heavy atom. The van der Waals surface area contributed by atoms with Gasteiger partial charge in [-0.2, -0.15) is 5.26 Å². The van der Waals surface area contributed by atoms with Crippen LogP contribution >= 0.6 is 0 Å². The van der Waals surface area contributed by atoms with Gasteiger partial charge in [0.1, 0.15) is 0 Å². The van der Waals surface area contributed by atoms with Crippen LogP contribution in [0.3, 0.4) is 0 Å². The monoisotopic (exact) mass is 245 g/mol. The largest absolute Gasteiger partial charge is 0.330 e. The fourth-order valence-electron chi connectivity index (χ4n) is 2.14. The quantitative estimate of drug-likeness (QED) is 0.765. The topological polar surface area (TPSA) is 53.0 Å². The van der Waals surface area contributed by atoms with Gasteiger partial charge in [0.2, 0.25) is 0 Å². The van der Waals surface area contributed by atoms with Crippen LogP contribution in [0.15, 0.2) is 30.3 Å². The third kappa shape index (κ3) is 4.87. The lowest BCUT2D eigenvalue weighted by atomic mass is 10.1. The van der Waals surface area contributed by atoms with Gasteiger partial charge in [0.15, 0.2) is 0 Å². The number of hydrogen-bond acceptors (Lipinski definition) is 3. The molecule has 0 aromatic heterocycles. The Hall–Kier alpha value is -1.37. The smallest absolute Gasteiger partial charge is 0.0638 e. The summed E-state index contributed by atoms with van der Waals surface area (Å²) < 4.78 is 0. The summed E-state index contributed by atoms with van der Waals surface area (Å²) in [6, 6.07) is 13.0. The maximum Gasteiger partial charge on any atom is 0.0638 e. The molecule has 1 aromatic rings. The highest BCUT2D eigenvalue weighted by Crippen LogP contribution is 2.13. The molecule has 98 valence electrons. The molecule has 1 atom stereocenters. The molecule has 2 N–H and O–H groups in total. The Morgan fingerprint density at radius 3 is 2.61 bits per heavy atom. The van der Waals surface area contributed by atoms with Crippen molar-refractivity contribution in [2.45, 2.75) is 38.8 Å². The summed E-state index contributed by atoms with van der Waals surface area (Å²) in [5.41, 5.74) is 6.89. The lowest BCUT2D eigenvalue weighted by Gasteiger charge is -2.29. The first-order chi connectivity index (χ1) is 8.81. The molecular weight excluding hydrogens is 222 g/mol. The molecule has 0 saturated carbocycles. The first-order valence-electron chi connectivity index (χ1n) is 6.66. The maximum atomic E-state index is 8.91. The van der Waals surface area contributed by atoms with Gasteiger partial charge >= 0.3 is 0 Å². The summed E-state index contributed by atoms with van der Waals surface area (Å²) in [6.07, 6.45) is 2.58. The summed E-state index contributed by atoms with van der Waals surface area (Å²) in [5, 5.41) is 8.91. The second kappa shape index (κ2) is 8.68. The molecule has 1 rings (SSSR count). The normalized spacial score (nSPS) is 12.3. The van der Waals surface area contributed by atoms with Crippen LogP contribution in [0.4, 0.5) is 0 Å². The van der Waals surface area contributed by atoms with Crippen molar-refractivity contribution >= 4 is 0 Å². The lowest BCUT2D eigenvalue weighted by molar-refractivity contribution is 0.183. The summed E-state index contributed by atoms with van der Waals surface area (Å²) in [5.74, 6) is 0. The maximum absolute atomic E-state index is 8.91. The predicted octanol–water partition coefficient (Wildman–Crippen LogP) is 2.53. The first kappa shape index (κ1) is 14.7. The van der Waals surface area contributed by atoms with Crippen LogP contribution in [-0.2, 0) is 6.54 Å². The van der Waals surface area contributed by atoms with Gasteiger partial charge in [-0.05, 0) is 24.9 Å². The van der Waals surface area contributed by atoms with Gasteiger partial charge in [-0.15, -0.1) is 0 Å². The Kier molecular flexibility index (Phi) is 7.09. The summed E-state index contributed by atoms with van der Waals surface area (Å²) in [7, 11) is 0. The van der Waals surface area contributed by atoms with E-state index in [2.05, 4.69) is 42.2 Å². The van der Waals surface area contributed by atoms with Crippen LogP contribution in [0.2, 0.25) is 0 Å². The highest BCUT2D eigenvalue weighted by Gasteiger charge is 2.16. The van der Waals surface area contributed by atoms with E-state index >= 15 is 0 Å². The van der Waals surface area contributed by atoms with E-state index in [1.165, 1.54) is 5.56 Å². The Morgan fingerprint density at radius 2 is 2.06 bits per heavy atom. The van der Waals surface area contributed by atoms with Gasteiger partial charge in [0.25, 0.3) is 0 Å². The number of nitrogens with two attached hydrogens (primary N) is 1. The number of hydrogen-bond donors (Lipinski definition) is 1. The molecule has 0 saturated heterocycles. The Bertz CT molecular complexity index is 356. The third-order valence-corrected chi connectivity index (χ3v) is 3.19. The standard InChI is InChI=1S/C15H23N3/c1-2-15(9-11-17)18(12-6-10-16)13-14-7-4-3-5-8-14/h3-5,7-8,15H,2,6,9-10,12-13,16H2,1H3. The molecule has 0 aliphatic heterocycles. The molecule has 0 spiro atoms. The van der Waals surface area contributed by atoms with E-state index in [-0.39, 0.29) is 0 Å². The minimum absolute atomic E-state index is 0.335. The van der Waals surface area contributed by atoms with E-state index < -0.39 is 0 Å². The second-order valence-electron chi connectivity index (χ2n) is 4.52. The number of benzene rings is 1. The number of nitrogens with zero attached hydrogens (tertiary/aromatic N) is 2. The van der Waals surface area contributed by atoms with Crippen molar-refractivity contribution in [3.63, 3.8) is 0 Å². The Labute approximate surface area is 110 Å². The van der Waals surface area contributed by atoms with E-state index in [4.69, 9.17) is 11.0 Å². The molecule has 0 aliphatic carbocycles. The van der Waals surface area contributed by atoms with Crippen LogP contribution in [-0.4, -0.2) is 24.0 Å². The summed E-state index contributed by atoms with van der Waals surface area (Å²) in [6.45, 7) is 4.71. The van der Waals surface area contributed by atoms with Gasteiger partial charge in [-0.1, -0.05) is 37.3 Å². The zero-order chi connectivity index (χ0) is 13.2. The van der Waals surface area contributed by atoms with Crippen molar-refractivity contribution in [2.24, 2.45) is 5.73 Å². The van der Waals surface area contributed by atoms with Crippen molar-refractivity contribution in [2.75, 3.05) is 13.1 Å². The molecule has 0 amide bonds. The minimum Gasteiger partial charge on any atom is -0.330 e. The minimum atomic E-state index is 0.335. The van der Waals surface area contributed by atoms with E-state index in [1.54, 1.807) is 0 Å². The molecule has 3 nitrogen and oxygen atoms in total. The van der Waals surface area contributed by atoms with Gasteiger partial charge in [-0.3, -0.25) is 4.90 Å². The molecule has 0 heterocycles. The van der Waals surface area contributed by atoms with Gasteiger partial charge in [0, 0.05) is 19.1 Å². The molecule has 1 aromatic carbocycles. The first-order valence-corrected chi connectivity index (χ1v) is 6.66. The number of rotatable bonds is 8. The highest BCUT2D eigenvalue weighted by molar-refractivity contribution is 5.14. The van der Waals surface area contributed by atoms with Crippen molar-refractivity contribution in [1.82, 2.24) is 4.90 Å². The van der Waals surface area contributed by atoms with Crippen molar-refractivity contribution in [3.8, 4) is 6.07 Å². The zero-order valence-electron chi connectivity index (χ0n) is 11.2. The molecular formula is C15H23N3. The van der Waals surface area contributed by atoms with Gasteiger partial charge in [-0.25, -0.2) is 0 Å². The summed E-state index contributed by atoms with van der Waals surface area (Å²) in [4.78, 5) is 2.38. The average molecular weight is 245 g/mol. The van der Waals surface area contributed by atoms with E-state index in [0.717, 1.165) is 25.9 Å². The fourth-order valence-corrected chi connectivity index (χ4v) is 2.14. The second-order valence-corrected chi connectivity index (χ2v) is 4.52. The molecule has 0 aliphatic rings. The van der Waals surface area contributed by atoms with E-state index in [1.807, 2.05) is 6.07 Å². The predicted molar refractivity (Wildman–Crippen MR) is 74.8 cm³/mol. The molecule has 3 heteroatoms. The van der Waals surface area contributed by atoms with Crippen LogP contribution in [0.1, 0.15) is 31.7 Å². The molecule has 0 radical (unpaired) electrons. The lowest BCUT2D eigenvalue weighted by Crippen LogP contribution is -2.35. The zero-order valence-corrected chi connectivity index (χ0v) is 11.2. The molecule has 0 bridgehead atoms. The molecule has 0 fully saturated rings. The Balaban J connectivity index is 2.68. The van der Waals surface area contributed by atoms with Crippen LogP contribution in [0.25, 0.3) is 0 Å². The fraction of sp³-hybridized carbons (Fsp3) is 0.533. The van der Waals surface area contributed by atoms with Crippen molar-refractivity contribution in [1.29, 1.82) is 5.26 Å². The van der Waals surface area contributed by atoms with Crippen LogP contribution in [0, 0.1) is 11.3 Å². The van der Waals surface area contributed by atoms with Crippen LogP contribution in [0.5, 0.6) is 0 Å². The highest BCUT2D eigenvalue weighted by atomic mass is 15.1. The molecule has 18 heavy (non-hydrogen) atoms. The SMILES string of the molecule is CCC(CC#N)N(CCCN)Cc1ccccc1. The van der Waals surface area contributed by atoms with Crippen molar-refractivity contribution in [3.05, 3.63) is 35.9 Å². The van der Waals surface area contributed by atoms with E-state index in [9.17, 15) is 0 Å².